The number of halogens is 1. The van der Waals surface area contributed by atoms with E-state index in [-0.39, 0.29) is 5.91 Å². The topological polar surface area (TPSA) is 42.0 Å². The second kappa shape index (κ2) is 6.48. The molecule has 0 aliphatic carbocycles. The fourth-order valence-electron chi connectivity index (χ4n) is 1.74. The number of carbonyl (C=O) groups is 1. The molecule has 98 valence electrons. The minimum Gasteiger partial charge on any atom is -0.325 e. The highest BCUT2D eigenvalue weighted by Gasteiger charge is 2.06. The Morgan fingerprint density at radius 1 is 1.26 bits per heavy atom. The van der Waals surface area contributed by atoms with Gasteiger partial charge in [-0.3, -0.25) is 9.78 Å². The van der Waals surface area contributed by atoms with Crippen LogP contribution in [0.5, 0.6) is 0 Å². The molecule has 1 amide bonds. The quantitative estimate of drug-likeness (QED) is 0.933. The molecule has 0 aliphatic heterocycles. The van der Waals surface area contributed by atoms with Crippen molar-refractivity contribution in [3.8, 4) is 0 Å². The van der Waals surface area contributed by atoms with Crippen LogP contribution in [0.1, 0.15) is 17.5 Å². The van der Waals surface area contributed by atoms with Gasteiger partial charge < -0.3 is 5.32 Å². The van der Waals surface area contributed by atoms with Crippen molar-refractivity contribution < 1.29 is 4.79 Å². The second-order valence-electron chi connectivity index (χ2n) is 4.39. The van der Waals surface area contributed by atoms with Gasteiger partial charge in [0.05, 0.1) is 5.69 Å². The number of hydrogen-bond donors (Lipinski definition) is 1. The fraction of sp³-hybridized carbons (Fsp3) is 0.200. The van der Waals surface area contributed by atoms with E-state index in [2.05, 4.69) is 26.2 Å². The van der Waals surface area contributed by atoms with Crippen molar-refractivity contribution in [2.24, 2.45) is 0 Å². The van der Waals surface area contributed by atoms with Crippen LogP contribution in [-0.2, 0) is 11.2 Å². The Bertz CT molecular complexity index is 570. The molecule has 4 heteroatoms. The molecule has 0 saturated carbocycles. The van der Waals surface area contributed by atoms with Crippen molar-refractivity contribution >= 4 is 27.5 Å². The highest BCUT2D eigenvalue weighted by Crippen LogP contribution is 2.23. The largest absolute Gasteiger partial charge is 0.325 e. The molecule has 0 radical (unpaired) electrons. The van der Waals surface area contributed by atoms with E-state index in [0.717, 1.165) is 27.7 Å². The van der Waals surface area contributed by atoms with Crippen LogP contribution in [-0.4, -0.2) is 10.9 Å². The summed E-state index contributed by atoms with van der Waals surface area (Å²) in [5.74, 6) is 0.0152. The van der Waals surface area contributed by atoms with Gasteiger partial charge in [0, 0.05) is 23.3 Å². The van der Waals surface area contributed by atoms with Crippen molar-refractivity contribution in [3.05, 3.63) is 58.3 Å². The van der Waals surface area contributed by atoms with Crippen LogP contribution >= 0.6 is 15.9 Å². The second-order valence-corrected chi connectivity index (χ2v) is 5.24. The molecule has 2 aromatic rings. The molecule has 19 heavy (non-hydrogen) atoms. The van der Waals surface area contributed by atoms with E-state index in [1.165, 1.54) is 0 Å². The molecule has 0 unspecified atom stereocenters. The van der Waals surface area contributed by atoms with Gasteiger partial charge in [0.25, 0.3) is 0 Å². The number of anilines is 1. The van der Waals surface area contributed by atoms with E-state index >= 15 is 0 Å². The molecule has 1 aromatic carbocycles. The lowest BCUT2D eigenvalue weighted by Crippen LogP contribution is -2.12. The van der Waals surface area contributed by atoms with Gasteiger partial charge in [-0.2, -0.15) is 0 Å². The maximum Gasteiger partial charge on any atom is 0.224 e. The molecule has 0 spiro atoms. The van der Waals surface area contributed by atoms with E-state index in [4.69, 9.17) is 0 Å². The van der Waals surface area contributed by atoms with Crippen molar-refractivity contribution in [2.45, 2.75) is 19.8 Å². The van der Waals surface area contributed by atoms with Crippen molar-refractivity contribution in [2.75, 3.05) is 5.32 Å². The van der Waals surface area contributed by atoms with Gasteiger partial charge in [-0.05, 0) is 64.7 Å². The van der Waals surface area contributed by atoms with E-state index in [0.29, 0.717) is 6.42 Å². The summed E-state index contributed by atoms with van der Waals surface area (Å²) < 4.78 is 0.907. The van der Waals surface area contributed by atoms with Crippen LogP contribution in [0.2, 0.25) is 0 Å². The van der Waals surface area contributed by atoms with Crippen LogP contribution in [0.15, 0.2) is 47.2 Å². The first-order valence-electron chi connectivity index (χ1n) is 6.10. The average Bonchev–Trinajstić information content (AvgIpc) is 2.41. The van der Waals surface area contributed by atoms with Crippen LogP contribution in [0.25, 0.3) is 0 Å². The lowest BCUT2D eigenvalue weighted by atomic mass is 10.1. The monoisotopic (exact) mass is 318 g/mol. The van der Waals surface area contributed by atoms with E-state index in [9.17, 15) is 4.79 Å². The third-order valence-corrected chi connectivity index (χ3v) is 3.44. The Labute approximate surface area is 121 Å². The zero-order valence-electron chi connectivity index (χ0n) is 10.7. The summed E-state index contributed by atoms with van der Waals surface area (Å²) in [7, 11) is 0. The maximum absolute atomic E-state index is 11.9. The number of pyridine rings is 1. The standard InChI is InChI=1S/C15H15BrN2O/c1-11-2-4-14(13(16)10-11)18-15(19)5-3-12-6-8-17-9-7-12/h2,4,6-10H,3,5H2,1H3,(H,18,19). The zero-order valence-corrected chi connectivity index (χ0v) is 12.3. The number of benzene rings is 1. The van der Waals surface area contributed by atoms with Crippen molar-refractivity contribution in [1.82, 2.24) is 4.98 Å². The van der Waals surface area contributed by atoms with Crippen molar-refractivity contribution in [3.63, 3.8) is 0 Å². The Morgan fingerprint density at radius 2 is 2.00 bits per heavy atom. The Balaban J connectivity index is 1.91. The molecule has 1 aromatic heterocycles. The summed E-state index contributed by atoms with van der Waals surface area (Å²) in [6.07, 6.45) is 4.66. The van der Waals surface area contributed by atoms with Crippen LogP contribution in [0.3, 0.4) is 0 Å². The van der Waals surface area contributed by atoms with Gasteiger partial charge in [-0.25, -0.2) is 0 Å². The van der Waals surface area contributed by atoms with Gasteiger partial charge in [0.2, 0.25) is 5.91 Å². The molecule has 0 aliphatic rings. The molecule has 0 bridgehead atoms. The molecule has 0 saturated heterocycles. The third kappa shape index (κ3) is 4.17. The zero-order chi connectivity index (χ0) is 13.7. The van der Waals surface area contributed by atoms with Gasteiger partial charge in [0.15, 0.2) is 0 Å². The first-order valence-corrected chi connectivity index (χ1v) is 6.89. The van der Waals surface area contributed by atoms with Crippen LogP contribution in [0, 0.1) is 6.92 Å². The predicted octanol–water partition coefficient (Wildman–Crippen LogP) is 3.72. The number of nitrogens with zero attached hydrogens (tertiary/aromatic N) is 1. The first kappa shape index (κ1) is 13.7. The molecule has 0 atom stereocenters. The summed E-state index contributed by atoms with van der Waals surface area (Å²) in [5, 5.41) is 2.91. The summed E-state index contributed by atoms with van der Waals surface area (Å²) in [6, 6.07) is 9.72. The number of aromatic nitrogens is 1. The first-order chi connectivity index (χ1) is 9.15. The summed E-state index contributed by atoms with van der Waals surface area (Å²) >= 11 is 3.45. The third-order valence-electron chi connectivity index (χ3n) is 2.79. The number of carbonyl (C=O) groups excluding carboxylic acids is 1. The molecular weight excluding hydrogens is 304 g/mol. The van der Waals surface area contributed by atoms with Gasteiger partial charge in [-0.1, -0.05) is 6.07 Å². The van der Waals surface area contributed by atoms with Gasteiger partial charge >= 0.3 is 0 Å². The Kier molecular flexibility index (Phi) is 4.68. The predicted molar refractivity (Wildman–Crippen MR) is 80.1 cm³/mol. The number of nitrogens with one attached hydrogen (secondary N) is 1. The number of rotatable bonds is 4. The Hall–Kier alpha value is -1.68. The molecule has 2 rings (SSSR count). The van der Waals surface area contributed by atoms with E-state index in [1.54, 1.807) is 12.4 Å². The Morgan fingerprint density at radius 3 is 2.68 bits per heavy atom. The summed E-state index contributed by atoms with van der Waals surface area (Å²) in [6.45, 7) is 2.01. The normalized spacial score (nSPS) is 10.2. The lowest BCUT2D eigenvalue weighted by molar-refractivity contribution is -0.116. The smallest absolute Gasteiger partial charge is 0.224 e. The number of amides is 1. The molecule has 1 N–H and O–H groups in total. The van der Waals surface area contributed by atoms with Gasteiger partial charge in [0.1, 0.15) is 0 Å². The summed E-state index contributed by atoms with van der Waals surface area (Å²) in [4.78, 5) is 15.8. The van der Waals surface area contributed by atoms with E-state index < -0.39 is 0 Å². The number of hydrogen-bond acceptors (Lipinski definition) is 2. The van der Waals surface area contributed by atoms with Crippen LogP contribution in [0.4, 0.5) is 5.69 Å². The maximum atomic E-state index is 11.9. The average molecular weight is 319 g/mol. The van der Waals surface area contributed by atoms with Crippen molar-refractivity contribution in [1.29, 1.82) is 0 Å². The lowest BCUT2D eigenvalue weighted by Gasteiger charge is -2.08. The van der Waals surface area contributed by atoms with Crippen LogP contribution < -0.4 is 5.32 Å². The summed E-state index contributed by atoms with van der Waals surface area (Å²) in [5.41, 5.74) is 3.08. The van der Waals surface area contributed by atoms with Gasteiger partial charge in [-0.15, -0.1) is 0 Å². The fourth-order valence-corrected chi connectivity index (χ4v) is 2.33. The molecule has 0 fully saturated rings. The molecular formula is C15H15BrN2O. The molecule has 1 heterocycles. The number of aryl methyl sites for hydroxylation is 2. The minimum absolute atomic E-state index is 0.0152. The SMILES string of the molecule is Cc1ccc(NC(=O)CCc2ccncc2)c(Br)c1. The minimum atomic E-state index is 0.0152. The van der Waals surface area contributed by atoms with E-state index in [1.807, 2.05) is 37.3 Å². The molecule has 3 nitrogen and oxygen atoms in total. The highest BCUT2D eigenvalue weighted by atomic mass is 79.9. The highest BCUT2D eigenvalue weighted by molar-refractivity contribution is 9.10.